The highest BCUT2D eigenvalue weighted by atomic mass is 35.5. The maximum absolute atomic E-state index is 12.1. The SMILES string of the molecule is O=C(NCC#CCOc1cccc2cccnc12)c1cc([N+](=O)[O-])ccc1Cl. The second-order valence-electron chi connectivity index (χ2n) is 5.58. The quantitative estimate of drug-likeness (QED) is 0.404. The molecule has 0 spiro atoms. The first-order valence-corrected chi connectivity index (χ1v) is 8.58. The van der Waals surface area contributed by atoms with Gasteiger partial charge in [0.1, 0.15) is 17.9 Å². The fraction of sp³-hybridized carbons (Fsp3) is 0.100. The second-order valence-corrected chi connectivity index (χ2v) is 5.98. The van der Waals surface area contributed by atoms with Crippen LogP contribution in [-0.4, -0.2) is 29.0 Å². The number of fused-ring (bicyclic) bond motifs is 1. The number of halogens is 1. The molecule has 0 saturated heterocycles. The highest BCUT2D eigenvalue weighted by molar-refractivity contribution is 6.33. The van der Waals surface area contributed by atoms with Crippen LogP contribution in [0.4, 0.5) is 5.69 Å². The summed E-state index contributed by atoms with van der Waals surface area (Å²) in [6, 6.07) is 13.1. The molecule has 0 aliphatic carbocycles. The maximum atomic E-state index is 12.1. The summed E-state index contributed by atoms with van der Waals surface area (Å²) in [5.41, 5.74) is 0.564. The zero-order valence-corrected chi connectivity index (χ0v) is 15.3. The lowest BCUT2D eigenvalue weighted by molar-refractivity contribution is -0.384. The molecule has 1 heterocycles. The summed E-state index contributed by atoms with van der Waals surface area (Å²) in [4.78, 5) is 26.6. The van der Waals surface area contributed by atoms with Crippen molar-refractivity contribution in [3.8, 4) is 17.6 Å². The molecule has 0 aliphatic heterocycles. The first-order valence-electron chi connectivity index (χ1n) is 8.20. The van der Waals surface area contributed by atoms with Crippen LogP contribution in [0, 0.1) is 22.0 Å². The van der Waals surface area contributed by atoms with Gasteiger partial charge in [-0.15, -0.1) is 0 Å². The van der Waals surface area contributed by atoms with Crippen LogP contribution in [0.25, 0.3) is 10.9 Å². The van der Waals surface area contributed by atoms with Gasteiger partial charge in [0.15, 0.2) is 0 Å². The number of carbonyl (C=O) groups is 1. The number of hydrogen-bond donors (Lipinski definition) is 1. The van der Waals surface area contributed by atoms with Crippen LogP contribution in [0.5, 0.6) is 5.75 Å². The molecule has 3 aromatic rings. The van der Waals surface area contributed by atoms with E-state index in [0.717, 1.165) is 17.0 Å². The number of pyridine rings is 1. The van der Waals surface area contributed by atoms with E-state index < -0.39 is 10.8 Å². The Hall–Kier alpha value is -3.63. The molecular formula is C20H14ClN3O4. The van der Waals surface area contributed by atoms with Gasteiger partial charge in [-0.1, -0.05) is 41.6 Å². The molecule has 140 valence electrons. The third-order valence-corrected chi connectivity index (χ3v) is 4.09. The van der Waals surface area contributed by atoms with Gasteiger partial charge in [-0.3, -0.25) is 19.9 Å². The number of carbonyl (C=O) groups excluding carboxylic acids is 1. The van der Waals surface area contributed by atoms with Gasteiger partial charge in [-0.05, 0) is 18.2 Å². The van der Waals surface area contributed by atoms with Gasteiger partial charge in [0.05, 0.1) is 22.1 Å². The van der Waals surface area contributed by atoms with Crippen molar-refractivity contribution in [2.24, 2.45) is 0 Å². The number of para-hydroxylation sites is 1. The molecule has 1 aromatic heterocycles. The first-order chi connectivity index (χ1) is 13.6. The number of nitrogens with zero attached hydrogens (tertiary/aromatic N) is 2. The van der Waals surface area contributed by atoms with Gasteiger partial charge in [-0.2, -0.15) is 0 Å². The zero-order valence-electron chi connectivity index (χ0n) is 14.5. The molecule has 1 N–H and O–H groups in total. The van der Waals surface area contributed by atoms with E-state index in [2.05, 4.69) is 22.1 Å². The van der Waals surface area contributed by atoms with E-state index in [0.29, 0.717) is 5.75 Å². The van der Waals surface area contributed by atoms with Crippen molar-refractivity contribution in [3.63, 3.8) is 0 Å². The molecule has 0 saturated carbocycles. The molecule has 0 unspecified atom stereocenters. The molecule has 0 aliphatic rings. The van der Waals surface area contributed by atoms with Gasteiger partial charge in [0, 0.05) is 23.7 Å². The second kappa shape index (κ2) is 8.84. The van der Waals surface area contributed by atoms with E-state index in [1.807, 2.05) is 30.3 Å². The van der Waals surface area contributed by atoms with Gasteiger partial charge in [0.25, 0.3) is 11.6 Å². The Morgan fingerprint density at radius 3 is 2.86 bits per heavy atom. The maximum Gasteiger partial charge on any atom is 0.270 e. The van der Waals surface area contributed by atoms with Crippen LogP contribution >= 0.6 is 11.6 Å². The van der Waals surface area contributed by atoms with E-state index in [1.165, 1.54) is 12.1 Å². The van der Waals surface area contributed by atoms with Gasteiger partial charge in [-0.25, -0.2) is 0 Å². The average molecular weight is 396 g/mol. The van der Waals surface area contributed by atoms with E-state index in [-0.39, 0.29) is 29.4 Å². The molecule has 1 amide bonds. The average Bonchev–Trinajstić information content (AvgIpc) is 2.70. The van der Waals surface area contributed by atoms with Crippen molar-refractivity contribution < 1.29 is 14.5 Å². The van der Waals surface area contributed by atoms with Crippen LogP contribution in [0.15, 0.2) is 54.7 Å². The lowest BCUT2D eigenvalue weighted by Crippen LogP contribution is -2.24. The topological polar surface area (TPSA) is 94.4 Å². The molecule has 0 atom stereocenters. The number of aromatic nitrogens is 1. The number of benzene rings is 2. The first kappa shape index (κ1) is 19.1. The largest absolute Gasteiger partial charge is 0.479 e. The van der Waals surface area contributed by atoms with Gasteiger partial charge in [0.2, 0.25) is 0 Å². The number of nitro groups is 1. The normalized spacial score (nSPS) is 10.0. The summed E-state index contributed by atoms with van der Waals surface area (Å²) in [5.74, 6) is 5.64. The third-order valence-electron chi connectivity index (χ3n) is 3.76. The number of ether oxygens (including phenoxy) is 1. The van der Waals surface area contributed by atoms with Crippen LogP contribution in [-0.2, 0) is 0 Å². The minimum Gasteiger partial charge on any atom is -0.479 e. The van der Waals surface area contributed by atoms with Crippen molar-refractivity contribution in [3.05, 3.63) is 75.4 Å². The summed E-state index contributed by atoms with van der Waals surface area (Å²) in [7, 11) is 0. The Bertz CT molecular complexity index is 1100. The molecule has 2 aromatic carbocycles. The van der Waals surface area contributed by atoms with Gasteiger partial charge < -0.3 is 10.1 Å². The predicted molar refractivity (Wildman–Crippen MR) is 105 cm³/mol. The molecule has 0 bridgehead atoms. The summed E-state index contributed by atoms with van der Waals surface area (Å²) in [5, 5.41) is 14.4. The summed E-state index contributed by atoms with van der Waals surface area (Å²) in [6.45, 7) is 0.179. The van der Waals surface area contributed by atoms with Gasteiger partial charge >= 0.3 is 0 Å². The van der Waals surface area contributed by atoms with Crippen LogP contribution < -0.4 is 10.1 Å². The minimum absolute atomic E-state index is 0.0238. The van der Waals surface area contributed by atoms with E-state index in [9.17, 15) is 14.9 Å². The standard InChI is InChI=1S/C20H14ClN3O4/c21-17-9-8-15(24(26)27)13-16(17)20(25)23-10-1-2-12-28-18-7-3-5-14-6-4-11-22-19(14)18/h3-9,11,13H,10,12H2,(H,23,25). The smallest absolute Gasteiger partial charge is 0.270 e. The Morgan fingerprint density at radius 2 is 2.04 bits per heavy atom. The van der Waals surface area contributed by atoms with Crippen molar-refractivity contribution in [1.29, 1.82) is 0 Å². The van der Waals surface area contributed by atoms with Crippen molar-refractivity contribution in [2.45, 2.75) is 0 Å². The Morgan fingerprint density at radius 1 is 1.21 bits per heavy atom. The molecule has 3 rings (SSSR count). The number of hydrogen-bond acceptors (Lipinski definition) is 5. The minimum atomic E-state index is -0.591. The monoisotopic (exact) mass is 395 g/mol. The molecule has 7 nitrogen and oxygen atoms in total. The number of amides is 1. The Kier molecular flexibility index (Phi) is 6.04. The van der Waals surface area contributed by atoms with E-state index >= 15 is 0 Å². The number of nitrogens with one attached hydrogen (secondary N) is 1. The lowest BCUT2D eigenvalue weighted by atomic mass is 10.2. The summed E-state index contributed by atoms with van der Waals surface area (Å²) < 4.78 is 5.63. The zero-order chi connectivity index (χ0) is 19.9. The molecule has 0 fully saturated rings. The van der Waals surface area contributed by atoms with Crippen LogP contribution in [0.3, 0.4) is 0 Å². The lowest BCUT2D eigenvalue weighted by Gasteiger charge is -2.05. The fourth-order valence-corrected chi connectivity index (χ4v) is 2.64. The Labute approximate surface area is 165 Å². The number of rotatable bonds is 5. The molecular weight excluding hydrogens is 382 g/mol. The highest BCUT2D eigenvalue weighted by Gasteiger charge is 2.15. The predicted octanol–water partition coefficient (Wildman–Crippen LogP) is 3.61. The number of non-ortho nitro benzene ring substituents is 1. The third kappa shape index (κ3) is 4.55. The van der Waals surface area contributed by atoms with Crippen LogP contribution in [0.2, 0.25) is 5.02 Å². The van der Waals surface area contributed by atoms with Crippen molar-refractivity contribution in [2.75, 3.05) is 13.2 Å². The van der Waals surface area contributed by atoms with Crippen molar-refractivity contribution >= 4 is 34.1 Å². The van der Waals surface area contributed by atoms with Crippen LogP contribution in [0.1, 0.15) is 10.4 Å². The Balaban J connectivity index is 1.55. The molecule has 8 heteroatoms. The molecule has 28 heavy (non-hydrogen) atoms. The summed E-state index contributed by atoms with van der Waals surface area (Å²) >= 11 is 5.93. The van der Waals surface area contributed by atoms with Crippen molar-refractivity contribution in [1.82, 2.24) is 10.3 Å². The molecule has 0 radical (unpaired) electrons. The number of nitro benzene ring substituents is 1. The highest BCUT2D eigenvalue weighted by Crippen LogP contribution is 2.23. The summed E-state index contributed by atoms with van der Waals surface area (Å²) in [6.07, 6.45) is 1.69. The fourth-order valence-electron chi connectivity index (χ4n) is 2.44. The van der Waals surface area contributed by atoms with E-state index in [1.54, 1.807) is 6.20 Å². The van der Waals surface area contributed by atoms with E-state index in [4.69, 9.17) is 16.3 Å².